The second-order valence-electron chi connectivity index (χ2n) is 6.28. The van der Waals surface area contributed by atoms with E-state index in [4.69, 9.17) is 4.74 Å². The number of nitro groups is 1. The van der Waals surface area contributed by atoms with Gasteiger partial charge in [-0.25, -0.2) is 0 Å². The fourth-order valence-electron chi connectivity index (χ4n) is 2.49. The predicted octanol–water partition coefficient (Wildman–Crippen LogP) is 1.25. The molecule has 0 bridgehead atoms. The Kier molecular flexibility index (Phi) is 6.65. The van der Waals surface area contributed by atoms with Gasteiger partial charge in [-0.3, -0.25) is 29.2 Å². The Labute approximate surface area is 166 Å². The molecule has 0 aliphatic rings. The summed E-state index contributed by atoms with van der Waals surface area (Å²) in [4.78, 5) is 46.3. The van der Waals surface area contributed by atoms with Gasteiger partial charge in [-0.15, -0.1) is 0 Å². The number of nitrogens with zero attached hydrogens (tertiary/aromatic N) is 3. The zero-order valence-corrected chi connectivity index (χ0v) is 16.4. The van der Waals surface area contributed by atoms with Gasteiger partial charge in [-0.05, 0) is 26.8 Å². The lowest BCUT2D eigenvalue weighted by molar-refractivity contribution is -0.384. The number of anilines is 1. The summed E-state index contributed by atoms with van der Waals surface area (Å²) in [5.74, 6) is -2.04. The van der Waals surface area contributed by atoms with E-state index in [0.717, 1.165) is 11.8 Å². The highest BCUT2D eigenvalue weighted by molar-refractivity contribution is 5.98. The number of amides is 2. The second kappa shape index (κ2) is 8.95. The summed E-state index contributed by atoms with van der Waals surface area (Å²) in [6, 6.07) is 5.08. The summed E-state index contributed by atoms with van der Waals surface area (Å²) < 4.78 is 6.63. The van der Waals surface area contributed by atoms with Gasteiger partial charge in [0.15, 0.2) is 6.10 Å². The van der Waals surface area contributed by atoms with Crippen LogP contribution in [0.4, 0.5) is 11.4 Å². The van der Waals surface area contributed by atoms with E-state index in [1.165, 1.54) is 25.1 Å². The van der Waals surface area contributed by atoms with E-state index in [9.17, 15) is 24.5 Å². The van der Waals surface area contributed by atoms with Crippen molar-refractivity contribution in [2.24, 2.45) is 7.05 Å². The number of esters is 1. The van der Waals surface area contributed by atoms with Crippen LogP contribution in [0.5, 0.6) is 0 Å². The Morgan fingerprint density at radius 2 is 2.00 bits per heavy atom. The van der Waals surface area contributed by atoms with Crippen molar-refractivity contribution < 1.29 is 24.0 Å². The molecule has 1 unspecified atom stereocenters. The van der Waals surface area contributed by atoms with Crippen LogP contribution in [0.3, 0.4) is 0 Å². The molecule has 2 aromatic rings. The average Bonchev–Trinajstić information content (AvgIpc) is 2.92. The molecule has 11 nitrogen and oxygen atoms in total. The second-order valence-corrected chi connectivity index (χ2v) is 6.28. The summed E-state index contributed by atoms with van der Waals surface area (Å²) in [6.07, 6.45) is -1.10. The first-order chi connectivity index (χ1) is 13.6. The molecule has 11 heteroatoms. The summed E-state index contributed by atoms with van der Waals surface area (Å²) in [5.41, 5.74) is 1.70. The maximum absolute atomic E-state index is 12.2. The Morgan fingerprint density at radius 3 is 2.59 bits per heavy atom. The van der Waals surface area contributed by atoms with Crippen LogP contribution < -0.4 is 10.6 Å². The van der Waals surface area contributed by atoms with Crippen molar-refractivity contribution in [2.45, 2.75) is 26.9 Å². The summed E-state index contributed by atoms with van der Waals surface area (Å²) in [6.45, 7) is 4.43. The van der Waals surface area contributed by atoms with Crippen molar-refractivity contribution in [3.63, 3.8) is 0 Å². The van der Waals surface area contributed by atoms with E-state index in [1.807, 2.05) is 0 Å². The predicted molar refractivity (Wildman–Crippen MR) is 102 cm³/mol. The monoisotopic (exact) mass is 403 g/mol. The zero-order chi connectivity index (χ0) is 21.7. The molecule has 1 atom stereocenters. The van der Waals surface area contributed by atoms with E-state index in [-0.39, 0.29) is 11.3 Å². The van der Waals surface area contributed by atoms with Crippen molar-refractivity contribution in [1.29, 1.82) is 0 Å². The number of benzene rings is 1. The smallest absolute Gasteiger partial charge is 0.326 e. The van der Waals surface area contributed by atoms with Crippen LogP contribution in [0.25, 0.3) is 0 Å². The number of aryl methyl sites for hydroxylation is 2. The maximum Gasteiger partial charge on any atom is 0.326 e. The maximum atomic E-state index is 12.2. The minimum atomic E-state index is -1.10. The molecule has 0 saturated carbocycles. The van der Waals surface area contributed by atoms with Crippen LogP contribution in [0, 0.1) is 24.0 Å². The lowest BCUT2D eigenvalue weighted by Gasteiger charge is -2.14. The van der Waals surface area contributed by atoms with Gasteiger partial charge in [0, 0.05) is 24.7 Å². The molecule has 1 heterocycles. The molecule has 0 radical (unpaired) electrons. The number of hydrogen-bond donors (Lipinski definition) is 2. The van der Waals surface area contributed by atoms with Gasteiger partial charge in [0.25, 0.3) is 17.5 Å². The molecule has 2 rings (SSSR count). The molecular formula is C18H21N5O6. The van der Waals surface area contributed by atoms with Gasteiger partial charge in [-0.1, -0.05) is 6.07 Å². The highest BCUT2D eigenvalue weighted by Crippen LogP contribution is 2.18. The minimum Gasteiger partial charge on any atom is -0.451 e. The first kappa shape index (κ1) is 21.5. The van der Waals surface area contributed by atoms with E-state index in [1.54, 1.807) is 25.6 Å². The van der Waals surface area contributed by atoms with Crippen molar-refractivity contribution in [3.05, 3.63) is 51.3 Å². The Balaban J connectivity index is 1.88. The van der Waals surface area contributed by atoms with Crippen LogP contribution in [0.15, 0.2) is 24.3 Å². The minimum absolute atomic E-state index is 0.0281. The third-order valence-electron chi connectivity index (χ3n) is 4.15. The topological polar surface area (TPSA) is 145 Å². The van der Waals surface area contributed by atoms with E-state index in [0.29, 0.717) is 11.4 Å². The fourth-order valence-corrected chi connectivity index (χ4v) is 2.49. The molecule has 2 N–H and O–H groups in total. The first-order valence-electron chi connectivity index (χ1n) is 8.63. The lowest BCUT2D eigenvalue weighted by Crippen LogP contribution is -2.36. The number of non-ortho nitro benzene ring substituents is 1. The van der Waals surface area contributed by atoms with E-state index >= 15 is 0 Å². The fraction of sp³-hybridized carbons (Fsp3) is 0.333. The summed E-state index contributed by atoms with van der Waals surface area (Å²) >= 11 is 0. The molecule has 0 saturated heterocycles. The molecule has 0 aliphatic heterocycles. The average molecular weight is 403 g/mol. The van der Waals surface area contributed by atoms with Crippen LogP contribution in [0.2, 0.25) is 0 Å². The number of rotatable bonds is 7. The van der Waals surface area contributed by atoms with Crippen LogP contribution in [0.1, 0.15) is 28.7 Å². The van der Waals surface area contributed by atoms with Gasteiger partial charge >= 0.3 is 5.97 Å². The van der Waals surface area contributed by atoms with Gasteiger partial charge in [0.05, 0.1) is 22.0 Å². The number of nitrogens with one attached hydrogen (secondary N) is 2. The molecule has 154 valence electrons. The summed E-state index contributed by atoms with van der Waals surface area (Å²) in [5, 5.41) is 19.9. The van der Waals surface area contributed by atoms with Gasteiger partial charge < -0.3 is 15.4 Å². The Bertz CT molecular complexity index is 968. The SMILES string of the molecule is Cc1nn(C)c(C)c1NC(=O)C(C)OC(=O)CNC(=O)c1cccc([N+](=O)[O-])c1. The summed E-state index contributed by atoms with van der Waals surface area (Å²) in [7, 11) is 1.74. The lowest BCUT2D eigenvalue weighted by atomic mass is 10.2. The third-order valence-corrected chi connectivity index (χ3v) is 4.15. The number of carbonyl (C=O) groups is 3. The number of ether oxygens (including phenoxy) is 1. The highest BCUT2D eigenvalue weighted by atomic mass is 16.6. The Morgan fingerprint density at radius 1 is 1.31 bits per heavy atom. The molecule has 0 aliphatic carbocycles. The number of aromatic nitrogens is 2. The highest BCUT2D eigenvalue weighted by Gasteiger charge is 2.21. The molecule has 2 amide bonds. The van der Waals surface area contributed by atoms with Crippen LogP contribution in [-0.4, -0.2) is 45.1 Å². The quantitative estimate of drug-likeness (QED) is 0.402. The molecular weight excluding hydrogens is 382 g/mol. The van der Waals surface area contributed by atoms with Crippen molar-refractivity contribution in [1.82, 2.24) is 15.1 Å². The number of carbonyl (C=O) groups excluding carboxylic acids is 3. The van der Waals surface area contributed by atoms with Gasteiger partial charge in [-0.2, -0.15) is 5.10 Å². The number of hydrogen-bond acceptors (Lipinski definition) is 7. The van der Waals surface area contributed by atoms with Crippen LogP contribution >= 0.6 is 0 Å². The van der Waals surface area contributed by atoms with Crippen molar-refractivity contribution in [2.75, 3.05) is 11.9 Å². The standard InChI is InChI=1S/C18H21N5O6/c1-10-16(11(2)22(4)21-10)20-17(25)12(3)29-15(24)9-19-18(26)13-6-5-7-14(8-13)23(27)28/h5-8,12H,9H2,1-4H3,(H,19,26)(H,20,25). The third kappa shape index (κ3) is 5.37. The first-order valence-corrected chi connectivity index (χ1v) is 8.63. The van der Waals surface area contributed by atoms with E-state index in [2.05, 4.69) is 15.7 Å². The Hall–Kier alpha value is -3.76. The normalized spacial score (nSPS) is 11.4. The largest absolute Gasteiger partial charge is 0.451 e. The van der Waals surface area contributed by atoms with E-state index < -0.39 is 35.4 Å². The van der Waals surface area contributed by atoms with Gasteiger partial charge in [0.2, 0.25) is 0 Å². The zero-order valence-electron chi connectivity index (χ0n) is 16.4. The molecule has 1 aromatic heterocycles. The van der Waals surface area contributed by atoms with Crippen molar-refractivity contribution in [3.8, 4) is 0 Å². The molecule has 29 heavy (non-hydrogen) atoms. The molecule has 0 fully saturated rings. The van der Waals surface area contributed by atoms with Crippen molar-refractivity contribution >= 4 is 29.2 Å². The van der Waals surface area contributed by atoms with Crippen LogP contribution in [-0.2, 0) is 21.4 Å². The molecule has 1 aromatic carbocycles. The van der Waals surface area contributed by atoms with Gasteiger partial charge in [0.1, 0.15) is 6.54 Å². The molecule has 0 spiro atoms. The number of nitro benzene ring substituents is 1.